The van der Waals surface area contributed by atoms with Crippen LogP contribution in [0.2, 0.25) is 0 Å². The fraction of sp³-hybridized carbons (Fsp3) is 0.375. The van der Waals surface area contributed by atoms with Crippen molar-refractivity contribution in [3.63, 3.8) is 0 Å². The van der Waals surface area contributed by atoms with E-state index in [4.69, 9.17) is 0 Å². The molecule has 23 heavy (non-hydrogen) atoms. The summed E-state index contributed by atoms with van der Waals surface area (Å²) in [4.78, 5) is 35.0. The molecule has 0 atom stereocenters. The van der Waals surface area contributed by atoms with E-state index in [9.17, 15) is 9.59 Å². The second-order valence-corrected chi connectivity index (χ2v) is 6.25. The highest BCUT2D eigenvalue weighted by Crippen LogP contribution is 2.27. The van der Waals surface area contributed by atoms with Gasteiger partial charge in [-0.15, -0.1) is 11.3 Å². The van der Waals surface area contributed by atoms with Gasteiger partial charge in [0.05, 0.1) is 18.5 Å². The van der Waals surface area contributed by atoms with Crippen LogP contribution in [0.25, 0.3) is 10.7 Å². The van der Waals surface area contributed by atoms with Crippen LogP contribution in [0.1, 0.15) is 29.2 Å². The summed E-state index contributed by atoms with van der Waals surface area (Å²) >= 11 is 1.28. The van der Waals surface area contributed by atoms with Crippen molar-refractivity contribution < 1.29 is 14.3 Å². The predicted molar refractivity (Wildman–Crippen MR) is 88.3 cm³/mol. The molecule has 0 fully saturated rings. The molecule has 0 saturated heterocycles. The first-order valence-corrected chi connectivity index (χ1v) is 8.02. The number of ether oxygens (including phenoxy) is 1. The molecule has 0 unspecified atom stereocenters. The van der Waals surface area contributed by atoms with Crippen LogP contribution < -0.4 is 0 Å². The summed E-state index contributed by atoms with van der Waals surface area (Å²) in [5.74, 6) is -0.665. The van der Waals surface area contributed by atoms with Crippen LogP contribution in [0.3, 0.4) is 0 Å². The van der Waals surface area contributed by atoms with Gasteiger partial charge in [0, 0.05) is 12.2 Å². The number of aromatic nitrogens is 2. The molecule has 2 rings (SSSR count). The summed E-state index contributed by atoms with van der Waals surface area (Å²) in [5, 5.41) is 0.688. The highest BCUT2D eigenvalue weighted by molar-refractivity contribution is 7.17. The van der Waals surface area contributed by atoms with E-state index in [0.29, 0.717) is 15.6 Å². The molecule has 0 bridgehead atoms. The Morgan fingerprint density at radius 1 is 1.35 bits per heavy atom. The van der Waals surface area contributed by atoms with Crippen molar-refractivity contribution >= 4 is 23.2 Å². The molecule has 0 aromatic carbocycles. The number of nitrogens with zero attached hydrogens (tertiary/aromatic N) is 3. The second-order valence-electron chi connectivity index (χ2n) is 5.25. The number of hydrogen-bond acceptors (Lipinski definition) is 6. The molecule has 0 N–H and O–H groups in total. The van der Waals surface area contributed by atoms with Crippen molar-refractivity contribution in [3.05, 3.63) is 35.0 Å². The fourth-order valence-electron chi connectivity index (χ4n) is 2.02. The van der Waals surface area contributed by atoms with Gasteiger partial charge >= 0.3 is 5.97 Å². The van der Waals surface area contributed by atoms with E-state index in [2.05, 4.69) is 14.7 Å². The SMILES string of the molecule is COC(=O)CN(C(=O)c1sc(-c2ccccn2)nc1C)C(C)C. The molecule has 122 valence electrons. The van der Waals surface area contributed by atoms with E-state index >= 15 is 0 Å². The summed E-state index contributed by atoms with van der Waals surface area (Å²) < 4.78 is 4.67. The minimum absolute atomic E-state index is 0.0801. The Hall–Kier alpha value is -2.28. The lowest BCUT2D eigenvalue weighted by atomic mass is 10.2. The summed E-state index contributed by atoms with van der Waals surface area (Å²) in [6, 6.07) is 5.42. The van der Waals surface area contributed by atoms with Crippen molar-refractivity contribution in [2.75, 3.05) is 13.7 Å². The van der Waals surface area contributed by atoms with Gasteiger partial charge in [-0.2, -0.15) is 0 Å². The second kappa shape index (κ2) is 7.32. The Labute approximate surface area is 139 Å². The molecule has 6 nitrogen and oxygen atoms in total. The maximum atomic E-state index is 12.8. The van der Waals surface area contributed by atoms with E-state index < -0.39 is 5.97 Å². The number of rotatable bonds is 5. The molecular weight excluding hydrogens is 314 g/mol. The molecule has 0 aliphatic heterocycles. The van der Waals surface area contributed by atoms with Gasteiger partial charge in [0.15, 0.2) is 0 Å². The van der Waals surface area contributed by atoms with Crippen molar-refractivity contribution in [1.82, 2.24) is 14.9 Å². The molecule has 0 saturated carbocycles. The van der Waals surface area contributed by atoms with Crippen LogP contribution in [-0.4, -0.2) is 46.4 Å². The number of thiazole rings is 1. The molecule has 7 heteroatoms. The molecule has 0 radical (unpaired) electrons. The zero-order valence-corrected chi connectivity index (χ0v) is 14.4. The van der Waals surface area contributed by atoms with E-state index in [-0.39, 0.29) is 18.5 Å². The van der Waals surface area contributed by atoms with Crippen LogP contribution in [0, 0.1) is 6.92 Å². The van der Waals surface area contributed by atoms with Crippen molar-refractivity contribution in [3.8, 4) is 10.7 Å². The minimum Gasteiger partial charge on any atom is -0.468 e. The number of carbonyl (C=O) groups is 2. The molecule has 2 heterocycles. The number of aryl methyl sites for hydroxylation is 1. The molecule has 0 aliphatic rings. The number of hydrogen-bond donors (Lipinski definition) is 0. The van der Waals surface area contributed by atoms with Crippen LogP contribution >= 0.6 is 11.3 Å². The maximum Gasteiger partial charge on any atom is 0.325 e. The Bertz CT molecular complexity index is 698. The smallest absolute Gasteiger partial charge is 0.325 e. The molecule has 0 aliphatic carbocycles. The molecule has 2 aromatic rings. The van der Waals surface area contributed by atoms with Gasteiger partial charge in [0.2, 0.25) is 0 Å². The Morgan fingerprint density at radius 2 is 2.09 bits per heavy atom. The quantitative estimate of drug-likeness (QED) is 0.786. The third kappa shape index (κ3) is 3.92. The van der Waals surface area contributed by atoms with Crippen LogP contribution in [-0.2, 0) is 9.53 Å². The average molecular weight is 333 g/mol. The summed E-state index contributed by atoms with van der Waals surface area (Å²) in [5.41, 5.74) is 1.36. The van der Waals surface area contributed by atoms with Gasteiger partial charge in [0.1, 0.15) is 16.4 Å². The molecular formula is C16H19N3O3S. The fourth-order valence-corrected chi connectivity index (χ4v) is 3.02. The number of esters is 1. The average Bonchev–Trinajstić information content (AvgIpc) is 2.94. The zero-order chi connectivity index (χ0) is 17.0. The van der Waals surface area contributed by atoms with E-state index in [0.717, 1.165) is 5.69 Å². The molecule has 1 amide bonds. The number of carbonyl (C=O) groups excluding carboxylic acids is 2. The Balaban J connectivity index is 2.31. The third-order valence-electron chi connectivity index (χ3n) is 3.29. The van der Waals surface area contributed by atoms with E-state index in [1.807, 2.05) is 32.0 Å². The normalized spacial score (nSPS) is 10.7. The minimum atomic E-state index is -0.445. The first-order chi connectivity index (χ1) is 10.9. The van der Waals surface area contributed by atoms with Crippen LogP contribution in [0.15, 0.2) is 24.4 Å². The predicted octanol–water partition coefficient (Wildman–Crippen LogP) is 2.54. The van der Waals surface area contributed by atoms with Crippen LogP contribution in [0.5, 0.6) is 0 Å². The first-order valence-electron chi connectivity index (χ1n) is 7.20. The highest BCUT2D eigenvalue weighted by Gasteiger charge is 2.26. The third-order valence-corrected chi connectivity index (χ3v) is 4.45. The summed E-state index contributed by atoms with van der Waals surface area (Å²) in [6.07, 6.45) is 1.69. The lowest BCUT2D eigenvalue weighted by Gasteiger charge is -2.25. The van der Waals surface area contributed by atoms with Crippen molar-refractivity contribution in [1.29, 1.82) is 0 Å². The standard InChI is InChI=1S/C16H19N3O3S/c1-10(2)19(9-13(20)22-4)16(21)14-11(3)18-15(23-14)12-7-5-6-8-17-12/h5-8,10H,9H2,1-4H3. The molecule has 0 spiro atoms. The largest absolute Gasteiger partial charge is 0.468 e. The van der Waals surface area contributed by atoms with Crippen LogP contribution in [0.4, 0.5) is 0 Å². The topological polar surface area (TPSA) is 72.4 Å². The Morgan fingerprint density at radius 3 is 2.65 bits per heavy atom. The van der Waals surface area contributed by atoms with Gasteiger partial charge in [-0.3, -0.25) is 14.6 Å². The number of amides is 1. The van der Waals surface area contributed by atoms with Crippen molar-refractivity contribution in [2.24, 2.45) is 0 Å². The monoisotopic (exact) mass is 333 g/mol. The maximum absolute atomic E-state index is 12.8. The van der Waals surface area contributed by atoms with Gasteiger partial charge in [0.25, 0.3) is 5.91 Å². The van der Waals surface area contributed by atoms with Gasteiger partial charge in [-0.25, -0.2) is 4.98 Å². The summed E-state index contributed by atoms with van der Waals surface area (Å²) in [7, 11) is 1.31. The number of pyridine rings is 1. The number of methoxy groups -OCH3 is 1. The summed E-state index contributed by atoms with van der Waals surface area (Å²) in [6.45, 7) is 5.42. The lowest BCUT2D eigenvalue weighted by Crippen LogP contribution is -2.41. The van der Waals surface area contributed by atoms with Crippen molar-refractivity contribution in [2.45, 2.75) is 26.8 Å². The molecule has 2 aromatic heterocycles. The van der Waals surface area contributed by atoms with Gasteiger partial charge < -0.3 is 9.64 Å². The van der Waals surface area contributed by atoms with Gasteiger partial charge in [-0.1, -0.05) is 6.07 Å². The van der Waals surface area contributed by atoms with Gasteiger partial charge in [-0.05, 0) is 32.9 Å². The van der Waals surface area contributed by atoms with E-state index in [1.54, 1.807) is 13.1 Å². The Kier molecular flexibility index (Phi) is 5.44. The lowest BCUT2D eigenvalue weighted by molar-refractivity contribution is -0.141. The zero-order valence-electron chi connectivity index (χ0n) is 13.6. The first kappa shape index (κ1) is 17.1. The highest BCUT2D eigenvalue weighted by atomic mass is 32.1. The van der Waals surface area contributed by atoms with E-state index in [1.165, 1.54) is 23.3 Å².